The first-order valence-electron chi connectivity index (χ1n) is 9.86. The fourth-order valence-corrected chi connectivity index (χ4v) is 4.91. The molecular weight excluding hydrogens is 390 g/mol. The Bertz CT molecular complexity index is 798. The average molecular weight is 418 g/mol. The molecule has 2 N–H and O–H groups in total. The van der Waals surface area contributed by atoms with E-state index in [1.165, 1.54) is 55.2 Å². The van der Waals surface area contributed by atoms with E-state index in [2.05, 4.69) is 15.6 Å². The summed E-state index contributed by atoms with van der Waals surface area (Å²) < 4.78 is 0. The minimum absolute atomic E-state index is 0.0429. The summed E-state index contributed by atoms with van der Waals surface area (Å²) >= 11 is 2.81. The van der Waals surface area contributed by atoms with Gasteiger partial charge in [-0.25, -0.2) is 4.98 Å². The number of hydrogen-bond acceptors (Lipinski definition) is 5. The summed E-state index contributed by atoms with van der Waals surface area (Å²) in [5.74, 6) is 0.163. The van der Waals surface area contributed by atoms with Gasteiger partial charge in [0, 0.05) is 16.3 Å². The minimum atomic E-state index is -0.196. The smallest absolute Gasteiger partial charge is 0.258 e. The summed E-state index contributed by atoms with van der Waals surface area (Å²) in [6, 6.07) is 7.68. The van der Waals surface area contributed by atoms with E-state index >= 15 is 0 Å². The lowest BCUT2D eigenvalue weighted by Crippen LogP contribution is -2.36. The summed E-state index contributed by atoms with van der Waals surface area (Å²) in [7, 11) is 0. The van der Waals surface area contributed by atoms with Crippen LogP contribution < -0.4 is 10.6 Å². The molecule has 0 radical (unpaired) electrons. The van der Waals surface area contributed by atoms with Gasteiger partial charge < -0.3 is 5.32 Å². The molecule has 1 heterocycles. The normalized spacial score (nSPS) is 15.5. The molecule has 2 amide bonds. The van der Waals surface area contributed by atoms with Crippen LogP contribution >= 0.6 is 23.1 Å². The summed E-state index contributed by atoms with van der Waals surface area (Å²) in [6.45, 7) is 1.89. The molecule has 0 bridgehead atoms. The Morgan fingerprint density at radius 2 is 1.86 bits per heavy atom. The van der Waals surface area contributed by atoms with Crippen LogP contribution in [0.3, 0.4) is 0 Å². The highest BCUT2D eigenvalue weighted by atomic mass is 32.2. The maximum atomic E-state index is 12.6. The van der Waals surface area contributed by atoms with Crippen LogP contribution in [0.1, 0.15) is 61.0 Å². The molecule has 150 valence electrons. The summed E-state index contributed by atoms with van der Waals surface area (Å²) in [6.07, 6.45) is 8.38. The second-order valence-electron chi connectivity index (χ2n) is 7.14. The molecule has 1 aromatic heterocycles. The fourth-order valence-electron chi connectivity index (χ4n) is 3.37. The van der Waals surface area contributed by atoms with Crippen LogP contribution in [0.15, 0.2) is 34.5 Å². The number of aryl methyl sites for hydroxylation is 1. The molecule has 1 fully saturated rings. The predicted molar refractivity (Wildman–Crippen MR) is 116 cm³/mol. The Balaban J connectivity index is 1.55. The standard InChI is InChI=1S/C21H27N3O2S2/c1-15-13-28-21(22-15)24-20(26)17-11-7-8-12-18(17)27-14-19(25)23-16-9-5-3-2-4-6-10-16/h7-8,11-13,16H,2-6,9-10,14H2,1H3,(H,23,25)(H,22,24,26). The molecule has 1 aliphatic carbocycles. The summed E-state index contributed by atoms with van der Waals surface area (Å²) in [5, 5.41) is 8.51. The maximum absolute atomic E-state index is 12.6. The van der Waals surface area contributed by atoms with E-state index in [0.717, 1.165) is 23.4 Å². The van der Waals surface area contributed by atoms with E-state index in [4.69, 9.17) is 0 Å². The zero-order valence-electron chi connectivity index (χ0n) is 16.2. The predicted octanol–water partition coefficient (Wildman–Crippen LogP) is 5.03. The quantitative estimate of drug-likeness (QED) is 0.647. The average Bonchev–Trinajstić information content (AvgIpc) is 3.07. The molecule has 28 heavy (non-hydrogen) atoms. The number of amides is 2. The molecule has 0 spiro atoms. The Morgan fingerprint density at radius 1 is 1.14 bits per heavy atom. The number of nitrogens with zero attached hydrogens (tertiary/aromatic N) is 1. The highest BCUT2D eigenvalue weighted by Crippen LogP contribution is 2.25. The van der Waals surface area contributed by atoms with Crippen LogP contribution in [0.25, 0.3) is 0 Å². The van der Waals surface area contributed by atoms with Crippen molar-refractivity contribution >= 4 is 40.0 Å². The third-order valence-electron chi connectivity index (χ3n) is 4.80. The zero-order valence-corrected chi connectivity index (χ0v) is 17.8. The zero-order chi connectivity index (χ0) is 19.8. The van der Waals surface area contributed by atoms with Crippen LogP contribution in [-0.4, -0.2) is 28.6 Å². The van der Waals surface area contributed by atoms with Gasteiger partial charge in [0.15, 0.2) is 5.13 Å². The monoisotopic (exact) mass is 417 g/mol. The van der Waals surface area contributed by atoms with Crippen molar-refractivity contribution in [3.05, 3.63) is 40.9 Å². The molecular formula is C21H27N3O2S2. The summed E-state index contributed by atoms with van der Waals surface area (Å²) in [5.41, 5.74) is 1.45. The number of carbonyl (C=O) groups excluding carboxylic acids is 2. The number of aromatic nitrogens is 1. The third-order valence-corrected chi connectivity index (χ3v) is 6.75. The van der Waals surface area contributed by atoms with Crippen molar-refractivity contribution in [1.29, 1.82) is 0 Å². The van der Waals surface area contributed by atoms with Crippen LogP contribution in [0.5, 0.6) is 0 Å². The Morgan fingerprint density at radius 3 is 2.57 bits per heavy atom. The number of benzene rings is 1. The van der Waals surface area contributed by atoms with E-state index in [1.54, 1.807) is 6.07 Å². The lowest BCUT2D eigenvalue weighted by Gasteiger charge is -2.21. The molecule has 3 rings (SSSR count). The molecule has 1 saturated carbocycles. The highest BCUT2D eigenvalue weighted by molar-refractivity contribution is 8.00. The number of anilines is 1. The Kier molecular flexibility index (Phi) is 7.91. The van der Waals surface area contributed by atoms with E-state index in [9.17, 15) is 9.59 Å². The van der Waals surface area contributed by atoms with E-state index in [0.29, 0.717) is 22.5 Å². The second kappa shape index (κ2) is 10.6. The summed E-state index contributed by atoms with van der Waals surface area (Å²) in [4.78, 5) is 30.1. The van der Waals surface area contributed by atoms with Crippen molar-refractivity contribution in [2.45, 2.75) is 62.8 Å². The molecule has 0 atom stereocenters. The minimum Gasteiger partial charge on any atom is -0.353 e. The first-order chi connectivity index (χ1) is 13.6. The number of rotatable bonds is 6. The molecule has 1 aliphatic rings. The number of thiazole rings is 1. The fraction of sp³-hybridized carbons (Fsp3) is 0.476. The van der Waals surface area contributed by atoms with Crippen LogP contribution in [0.4, 0.5) is 5.13 Å². The van der Waals surface area contributed by atoms with Gasteiger partial charge in [-0.2, -0.15) is 0 Å². The van der Waals surface area contributed by atoms with Gasteiger partial charge in [-0.3, -0.25) is 14.9 Å². The van der Waals surface area contributed by atoms with Crippen molar-refractivity contribution in [3.63, 3.8) is 0 Å². The van der Waals surface area contributed by atoms with E-state index in [-0.39, 0.29) is 11.8 Å². The van der Waals surface area contributed by atoms with Gasteiger partial charge in [0.2, 0.25) is 5.91 Å². The van der Waals surface area contributed by atoms with Crippen molar-refractivity contribution < 1.29 is 9.59 Å². The van der Waals surface area contributed by atoms with Gasteiger partial charge in [-0.1, -0.05) is 44.2 Å². The van der Waals surface area contributed by atoms with Gasteiger partial charge in [-0.05, 0) is 31.9 Å². The molecule has 1 aromatic carbocycles. The molecule has 0 aliphatic heterocycles. The largest absolute Gasteiger partial charge is 0.353 e. The molecule has 0 saturated heterocycles. The van der Waals surface area contributed by atoms with Gasteiger partial charge in [0.05, 0.1) is 17.0 Å². The number of carbonyl (C=O) groups is 2. The van der Waals surface area contributed by atoms with Crippen molar-refractivity contribution in [1.82, 2.24) is 10.3 Å². The van der Waals surface area contributed by atoms with Crippen molar-refractivity contribution in [2.75, 3.05) is 11.1 Å². The highest BCUT2D eigenvalue weighted by Gasteiger charge is 2.17. The SMILES string of the molecule is Cc1csc(NC(=O)c2ccccc2SCC(=O)NC2CCCCCCC2)n1. The first kappa shape index (κ1) is 20.9. The van der Waals surface area contributed by atoms with Crippen molar-refractivity contribution in [2.24, 2.45) is 0 Å². The van der Waals surface area contributed by atoms with E-state index in [1.807, 2.05) is 30.5 Å². The Hall–Kier alpha value is -1.86. The van der Waals surface area contributed by atoms with Crippen LogP contribution in [-0.2, 0) is 4.79 Å². The van der Waals surface area contributed by atoms with E-state index < -0.39 is 0 Å². The molecule has 2 aromatic rings. The molecule has 7 heteroatoms. The number of hydrogen-bond donors (Lipinski definition) is 2. The second-order valence-corrected chi connectivity index (χ2v) is 9.02. The lowest BCUT2D eigenvalue weighted by atomic mass is 9.97. The van der Waals surface area contributed by atoms with Crippen molar-refractivity contribution in [3.8, 4) is 0 Å². The van der Waals surface area contributed by atoms with Gasteiger partial charge in [-0.15, -0.1) is 23.1 Å². The molecule has 5 nitrogen and oxygen atoms in total. The Labute approximate surface area is 174 Å². The lowest BCUT2D eigenvalue weighted by molar-refractivity contribution is -0.119. The van der Waals surface area contributed by atoms with Gasteiger partial charge in [0.25, 0.3) is 5.91 Å². The van der Waals surface area contributed by atoms with Crippen LogP contribution in [0.2, 0.25) is 0 Å². The topological polar surface area (TPSA) is 71.1 Å². The number of nitrogens with one attached hydrogen (secondary N) is 2. The maximum Gasteiger partial charge on any atom is 0.258 e. The van der Waals surface area contributed by atoms with Gasteiger partial charge >= 0.3 is 0 Å². The van der Waals surface area contributed by atoms with Crippen LogP contribution in [0, 0.1) is 6.92 Å². The molecule has 0 unspecified atom stereocenters. The number of thioether (sulfide) groups is 1. The first-order valence-corrected chi connectivity index (χ1v) is 11.7. The third kappa shape index (κ3) is 6.34. The van der Waals surface area contributed by atoms with Gasteiger partial charge in [0.1, 0.15) is 0 Å².